The van der Waals surface area contributed by atoms with E-state index in [9.17, 15) is 4.79 Å². The number of para-hydroxylation sites is 2. The molecule has 3 aromatic rings. The Morgan fingerprint density at radius 3 is 2.42 bits per heavy atom. The zero-order chi connectivity index (χ0) is 21.9. The molecular formula is C25H26BrNO4. The molecular weight excluding hydrogens is 458 g/mol. The van der Waals surface area contributed by atoms with Crippen LogP contribution in [0.25, 0.3) is 0 Å². The number of carbonyl (C=O) groups excluding carboxylic acids is 1. The van der Waals surface area contributed by atoms with Gasteiger partial charge in [-0.2, -0.15) is 0 Å². The van der Waals surface area contributed by atoms with Gasteiger partial charge in [-0.1, -0.05) is 58.4 Å². The van der Waals surface area contributed by atoms with Crippen molar-refractivity contribution in [2.45, 2.75) is 12.8 Å². The first-order chi connectivity index (χ1) is 15.2. The van der Waals surface area contributed by atoms with E-state index in [1.54, 1.807) is 19.2 Å². The van der Waals surface area contributed by atoms with Gasteiger partial charge in [0.2, 0.25) is 0 Å². The molecule has 1 N–H and O–H groups in total. The zero-order valence-electron chi connectivity index (χ0n) is 17.5. The molecule has 0 radical (unpaired) electrons. The number of ether oxygens (including phenoxy) is 3. The molecule has 0 saturated carbocycles. The van der Waals surface area contributed by atoms with Crippen LogP contribution in [0.4, 0.5) is 5.69 Å². The van der Waals surface area contributed by atoms with Crippen molar-refractivity contribution in [3.63, 3.8) is 0 Å². The van der Waals surface area contributed by atoms with E-state index in [2.05, 4.69) is 33.4 Å². The number of carbonyl (C=O) groups is 1. The molecule has 3 aromatic carbocycles. The standard InChI is InChI=1S/C25H26BrNO4/c1-29-16-17-31-23-14-13-20(26)18-21(23)25(28)27-22-11-5-6-12-24(22)30-15-7-10-19-8-3-2-4-9-19/h2-6,8-9,11-14,18H,7,10,15-17H2,1H3,(H,27,28). The third kappa shape index (κ3) is 7.12. The van der Waals surface area contributed by atoms with Crippen LogP contribution in [0.2, 0.25) is 0 Å². The minimum absolute atomic E-state index is 0.269. The minimum atomic E-state index is -0.269. The van der Waals surface area contributed by atoms with E-state index < -0.39 is 0 Å². The van der Waals surface area contributed by atoms with Crippen molar-refractivity contribution < 1.29 is 19.0 Å². The highest BCUT2D eigenvalue weighted by Crippen LogP contribution is 2.28. The molecule has 0 saturated heterocycles. The Bertz CT molecular complexity index is 978. The van der Waals surface area contributed by atoms with Gasteiger partial charge in [0.25, 0.3) is 5.91 Å². The van der Waals surface area contributed by atoms with E-state index in [1.807, 2.05) is 48.5 Å². The van der Waals surface area contributed by atoms with Crippen LogP contribution in [0, 0.1) is 0 Å². The van der Waals surface area contributed by atoms with Crippen LogP contribution in [0.15, 0.2) is 77.3 Å². The summed E-state index contributed by atoms with van der Waals surface area (Å²) in [6, 6.07) is 23.1. The highest BCUT2D eigenvalue weighted by Gasteiger charge is 2.15. The lowest BCUT2D eigenvalue weighted by molar-refractivity contribution is 0.101. The Morgan fingerprint density at radius 1 is 0.871 bits per heavy atom. The second-order valence-corrected chi connectivity index (χ2v) is 7.79. The zero-order valence-corrected chi connectivity index (χ0v) is 19.1. The number of hydrogen-bond acceptors (Lipinski definition) is 4. The SMILES string of the molecule is COCCOc1ccc(Br)cc1C(=O)Nc1ccccc1OCCCc1ccccc1. The number of aryl methyl sites for hydroxylation is 1. The Kier molecular flexibility index (Phi) is 8.94. The van der Waals surface area contributed by atoms with Crippen LogP contribution >= 0.6 is 15.9 Å². The van der Waals surface area contributed by atoms with E-state index >= 15 is 0 Å². The second-order valence-electron chi connectivity index (χ2n) is 6.87. The van der Waals surface area contributed by atoms with Gasteiger partial charge in [-0.25, -0.2) is 0 Å². The number of methoxy groups -OCH3 is 1. The van der Waals surface area contributed by atoms with Crippen LogP contribution in [-0.2, 0) is 11.2 Å². The van der Waals surface area contributed by atoms with Crippen molar-refractivity contribution in [2.24, 2.45) is 0 Å². The Labute approximate surface area is 191 Å². The largest absolute Gasteiger partial charge is 0.491 e. The van der Waals surface area contributed by atoms with Gasteiger partial charge < -0.3 is 19.5 Å². The number of nitrogens with one attached hydrogen (secondary N) is 1. The summed E-state index contributed by atoms with van der Waals surface area (Å²) < 4.78 is 17.5. The number of rotatable bonds is 11. The molecule has 0 atom stereocenters. The molecule has 0 unspecified atom stereocenters. The summed E-state index contributed by atoms with van der Waals surface area (Å²) in [6.45, 7) is 1.36. The molecule has 0 aromatic heterocycles. The lowest BCUT2D eigenvalue weighted by Crippen LogP contribution is -2.16. The van der Waals surface area contributed by atoms with Crippen LogP contribution in [0.3, 0.4) is 0 Å². The maximum Gasteiger partial charge on any atom is 0.259 e. The topological polar surface area (TPSA) is 56.8 Å². The van der Waals surface area contributed by atoms with Crippen molar-refractivity contribution in [2.75, 3.05) is 32.2 Å². The summed E-state index contributed by atoms with van der Waals surface area (Å²) in [4.78, 5) is 13.0. The molecule has 5 nitrogen and oxygen atoms in total. The van der Waals surface area contributed by atoms with Crippen LogP contribution in [-0.4, -0.2) is 32.8 Å². The molecule has 0 heterocycles. The Morgan fingerprint density at radius 2 is 1.61 bits per heavy atom. The normalized spacial score (nSPS) is 10.5. The van der Waals surface area contributed by atoms with Crippen molar-refractivity contribution in [3.05, 3.63) is 88.4 Å². The molecule has 162 valence electrons. The quantitative estimate of drug-likeness (QED) is 0.353. The first-order valence-electron chi connectivity index (χ1n) is 10.2. The highest BCUT2D eigenvalue weighted by molar-refractivity contribution is 9.10. The summed E-state index contributed by atoms with van der Waals surface area (Å²) >= 11 is 3.42. The predicted molar refractivity (Wildman–Crippen MR) is 126 cm³/mol. The maximum atomic E-state index is 13.0. The summed E-state index contributed by atoms with van der Waals surface area (Å²) in [5, 5.41) is 2.95. The second kappa shape index (κ2) is 12.1. The Hall–Kier alpha value is -2.83. The van der Waals surface area contributed by atoms with Gasteiger partial charge >= 0.3 is 0 Å². The lowest BCUT2D eigenvalue weighted by Gasteiger charge is -2.15. The molecule has 0 aliphatic rings. The van der Waals surface area contributed by atoms with Crippen molar-refractivity contribution in [1.29, 1.82) is 0 Å². The number of anilines is 1. The highest BCUT2D eigenvalue weighted by atomic mass is 79.9. The van der Waals surface area contributed by atoms with E-state index in [0.29, 0.717) is 42.6 Å². The molecule has 6 heteroatoms. The molecule has 0 bridgehead atoms. The van der Waals surface area contributed by atoms with Crippen molar-refractivity contribution in [3.8, 4) is 11.5 Å². The molecule has 31 heavy (non-hydrogen) atoms. The minimum Gasteiger partial charge on any atom is -0.491 e. The van der Waals surface area contributed by atoms with E-state index in [4.69, 9.17) is 14.2 Å². The third-order valence-corrected chi connectivity index (χ3v) is 5.07. The van der Waals surface area contributed by atoms with Crippen LogP contribution in [0.5, 0.6) is 11.5 Å². The van der Waals surface area contributed by atoms with Gasteiger partial charge in [0, 0.05) is 11.6 Å². The van der Waals surface area contributed by atoms with Crippen molar-refractivity contribution in [1.82, 2.24) is 0 Å². The number of halogens is 1. The van der Waals surface area contributed by atoms with E-state index in [-0.39, 0.29) is 5.91 Å². The monoisotopic (exact) mass is 483 g/mol. The molecule has 0 spiro atoms. The van der Waals surface area contributed by atoms with Crippen molar-refractivity contribution >= 4 is 27.5 Å². The molecule has 0 aliphatic heterocycles. The summed E-state index contributed by atoms with van der Waals surface area (Å²) in [7, 11) is 1.61. The van der Waals surface area contributed by atoms with Gasteiger partial charge in [-0.15, -0.1) is 0 Å². The number of hydrogen-bond donors (Lipinski definition) is 1. The average Bonchev–Trinajstić information content (AvgIpc) is 2.79. The fourth-order valence-electron chi connectivity index (χ4n) is 3.03. The van der Waals surface area contributed by atoms with Gasteiger partial charge in [-0.05, 0) is 48.7 Å². The van der Waals surface area contributed by atoms with Gasteiger partial charge in [0.15, 0.2) is 0 Å². The van der Waals surface area contributed by atoms with E-state index in [0.717, 1.165) is 17.3 Å². The van der Waals surface area contributed by atoms with Crippen LogP contribution in [0.1, 0.15) is 22.3 Å². The smallest absolute Gasteiger partial charge is 0.259 e. The first kappa shape index (κ1) is 22.8. The Balaban J connectivity index is 1.63. The molecule has 1 amide bonds. The maximum absolute atomic E-state index is 13.0. The van der Waals surface area contributed by atoms with Gasteiger partial charge in [-0.3, -0.25) is 4.79 Å². The molecule has 0 fully saturated rings. The number of amides is 1. The molecule has 0 aliphatic carbocycles. The molecule has 3 rings (SSSR count). The fraction of sp³-hybridized carbons (Fsp3) is 0.240. The van der Waals surface area contributed by atoms with Gasteiger partial charge in [0.05, 0.1) is 24.5 Å². The average molecular weight is 484 g/mol. The summed E-state index contributed by atoms with van der Waals surface area (Å²) in [5.41, 5.74) is 2.34. The summed E-state index contributed by atoms with van der Waals surface area (Å²) in [5.74, 6) is 0.869. The fourth-order valence-corrected chi connectivity index (χ4v) is 3.39. The number of benzene rings is 3. The van der Waals surface area contributed by atoms with Gasteiger partial charge in [0.1, 0.15) is 18.1 Å². The summed E-state index contributed by atoms with van der Waals surface area (Å²) in [6.07, 6.45) is 1.82. The first-order valence-corrected chi connectivity index (χ1v) is 10.9. The van der Waals surface area contributed by atoms with E-state index in [1.165, 1.54) is 5.56 Å². The van der Waals surface area contributed by atoms with Crippen LogP contribution < -0.4 is 14.8 Å². The lowest BCUT2D eigenvalue weighted by atomic mass is 10.1. The third-order valence-electron chi connectivity index (χ3n) is 4.58. The predicted octanol–water partition coefficient (Wildman–Crippen LogP) is 5.74.